The largest absolute Gasteiger partial charge is 0.462 e. The monoisotopic (exact) mass is 889 g/mol. The quantitative estimate of drug-likeness (QED) is 0.0262. The maximum Gasteiger partial charge on any atom is 0.306 e. The molecule has 0 saturated heterocycles. The molecule has 364 valence electrons. The molecule has 1 atom stereocenters. The van der Waals surface area contributed by atoms with Crippen LogP contribution in [0.1, 0.15) is 233 Å². The summed E-state index contributed by atoms with van der Waals surface area (Å²) < 4.78 is 16.6. The van der Waals surface area contributed by atoms with Crippen molar-refractivity contribution in [3.63, 3.8) is 0 Å². The number of allylic oxidation sites excluding steroid dienone is 16. The van der Waals surface area contributed by atoms with Gasteiger partial charge in [-0.3, -0.25) is 14.4 Å². The van der Waals surface area contributed by atoms with Gasteiger partial charge in [-0.2, -0.15) is 0 Å². The molecule has 0 aliphatic heterocycles. The summed E-state index contributed by atoms with van der Waals surface area (Å²) in [6.45, 7) is 6.42. The molecular formula is C58H96O6. The van der Waals surface area contributed by atoms with Crippen molar-refractivity contribution in [2.75, 3.05) is 13.2 Å². The molecule has 6 nitrogen and oxygen atoms in total. The van der Waals surface area contributed by atoms with Crippen molar-refractivity contribution in [1.29, 1.82) is 0 Å². The van der Waals surface area contributed by atoms with Gasteiger partial charge in [-0.15, -0.1) is 0 Å². The smallest absolute Gasteiger partial charge is 0.306 e. The summed E-state index contributed by atoms with van der Waals surface area (Å²) in [6.07, 6.45) is 68.6. The number of hydrogen-bond donors (Lipinski definition) is 0. The van der Waals surface area contributed by atoms with Gasteiger partial charge in [0.1, 0.15) is 13.2 Å². The van der Waals surface area contributed by atoms with E-state index in [2.05, 4.69) is 118 Å². The highest BCUT2D eigenvalue weighted by Gasteiger charge is 2.19. The third-order valence-electron chi connectivity index (χ3n) is 10.9. The standard InChI is InChI=1S/C58H96O6/c1-4-7-10-13-16-18-19-20-21-22-23-24-25-26-27-28-29-30-31-32-33-34-35-36-37-38-39-40-43-45-48-51-57(60)63-54-55(53-62-56(59)50-47-44-41-15-12-9-6-3)64-58(61)52-49-46-42-17-14-11-8-5-2/h7,10,16,18,20-21,23-24,26-27,29-30,32-33,35-36,55H,4-6,8-9,11-15,17,19,22,25,28,31,34,37-54H2,1-3H3/b10-7-,18-16-,21-20-,24-23-,27-26-,30-29-,33-32-,36-35-. The minimum absolute atomic E-state index is 0.0806. The van der Waals surface area contributed by atoms with Crippen molar-refractivity contribution in [1.82, 2.24) is 0 Å². The fraction of sp³-hybridized carbons (Fsp3) is 0.672. The van der Waals surface area contributed by atoms with Gasteiger partial charge in [0.25, 0.3) is 0 Å². The lowest BCUT2D eigenvalue weighted by atomic mass is 10.1. The van der Waals surface area contributed by atoms with Crippen molar-refractivity contribution >= 4 is 17.9 Å². The summed E-state index contributed by atoms with van der Waals surface area (Å²) in [5.74, 6) is -0.911. The van der Waals surface area contributed by atoms with Crippen LogP contribution in [0.15, 0.2) is 97.2 Å². The van der Waals surface area contributed by atoms with Crippen LogP contribution in [0.25, 0.3) is 0 Å². The van der Waals surface area contributed by atoms with E-state index in [1.807, 2.05) is 0 Å². The normalized spacial score (nSPS) is 12.9. The Morgan fingerprint density at radius 3 is 0.953 bits per heavy atom. The van der Waals surface area contributed by atoms with E-state index >= 15 is 0 Å². The Bertz CT molecular complexity index is 1300. The van der Waals surface area contributed by atoms with E-state index in [9.17, 15) is 14.4 Å². The van der Waals surface area contributed by atoms with Gasteiger partial charge < -0.3 is 14.2 Å². The molecule has 0 aliphatic carbocycles. The second kappa shape index (κ2) is 52.0. The average molecular weight is 889 g/mol. The molecule has 0 bridgehead atoms. The minimum atomic E-state index is -0.776. The summed E-state index contributed by atoms with van der Waals surface area (Å²) in [6, 6.07) is 0. The molecule has 64 heavy (non-hydrogen) atoms. The van der Waals surface area contributed by atoms with Crippen LogP contribution >= 0.6 is 0 Å². The van der Waals surface area contributed by atoms with Crippen LogP contribution in [0.5, 0.6) is 0 Å². The van der Waals surface area contributed by atoms with Crippen molar-refractivity contribution in [2.24, 2.45) is 0 Å². The Labute approximate surface area is 394 Å². The first-order chi connectivity index (χ1) is 31.5. The molecule has 0 saturated carbocycles. The maximum absolute atomic E-state index is 12.6. The fourth-order valence-electron chi connectivity index (χ4n) is 6.93. The fourth-order valence-corrected chi connectivity index (χ4v) is 6.93. The van der Waals surface area contributed by atoms with Crippen LogP contribution in [0.3, 0.4) is 0 Å². The van der Waals surface area contributed by atoms with Gasteiger partial charge in [-0.1, -0.05) is 227 Å². The summed E-state index contributed by atoms with van der Waals surface area (Å²) in [5, 5.41) is 0. The summed E-state index contributed by atoms with van der Waals surface area (Å²) in [4.78, 5) is 37.6. The van der Waals surface area contributed by atoms with Crippen molar-refractivity contribution in [3.8, 4) is 0 Å². The molecule has 0 rings (SSSR count). The van der Waals surface area contributed by atoms with Crippen LogP contribution in [0, 0.1) is 0 Å². The van der Waals surface area contributed by atoms with Gasteiger partial charge >= 0.3 is 17.9 Å². The van der Waals surface area contributed by atoms with Crippen molar-refractivity contribution in [3.05, 3.63) is 97.2 Å². The zero-order valence-corrected chi connectivity index (χ0v) is 41.5. The van der Waals surface area contributed by atoms with E-state index in [4.69, 9.17) is 14.2 Å². The number of carbonyl (C=O) groups is 3. The Kier molecular flexibility index (Phi) is 49.0. The number of ether oxygens (including phenoxy) is 3. The third-order valence-corrected chi connectivity index (χ3v) is 10.9. The molecule has 0 fully saturated rings. The molecular weight excluding hydrogens is 793 g/mol. The number of rotatable bonds is 46. The lowest BCUT2D eigenvalue weighted by Gasteiger charge is -2.18. The SMILES string of the molecule is CC/C=C\C/C=C\C/C=C\C/C=C\C/C=C\C/C=C\C/C=C\C/C=C\CCCCCCCCC(=O)OCC(COC(=O)CCCCCCCCC)OC(=O)CCCCCCCCCC. The number of esters is 3. The highest BCUT2D eigenvalue weighted by atomic mass is 16.6. The van der Waals surface area contributed by atoms with Crippen molar-refractivity contribution in [2.45, 2.75) is 239 Å². The van der Waals surface area contributed by atoms with Gasteiger partial charge in [0.05, 0.1) is 0 Å². The Hall–Kier alpha value is -3.67. The van der Waals surface area contributed by atoms with Crippen molar-refractivity contribution < 1.29 is 28.6 Å². The molecule has 0 radical (unpaired) electrons. The van der Waals surface area contributed by atoms with E-state index in [1.54, 1.807) is 0 Å². The first-order valence-corrected chi connectivity index (χ1v) is 26.2. The predicted molar refractivity (Wildman–Crippen MR) is 274 cm³/mol. The highest BCUT2D eigenvalue weighted by molar-refractivity contribution is 5.71. The summed E-state index contributed by atoms with van der Waals surface area (Å²) in [5.41, 5.74) is 0. The van der Waals surface area contributed by atoms with Crippen LogP contribution in [0.4, 0.5) is 0 Å². The zero-order valence-electron chi connectivity index (χ0n) is 41.5. The van der Waals surface area contributed by atoms with Crippen LogP contribution < -0.4 is 0 Å². The molecule has 0 N–H and O–H groups in total. The number of unbranched alkanes of at least 4 members (excludes halogenated alkanes) is 19. The molecule has 0 heterocycles. The van der Waals surface area contributed by atoms with Gasteiger partial charge in [0, 0.05) is 19.3 Å². The summed E-state index contributed by atoms with van der Waals surface area (Å²) in [7, 11) is 0. The van der Waals surface area contributed by atoms with E-state index in [0.29, 0.717) is 19.3 Å². The molecule has 0 spiro atoms. The molecule has 1 unspecified atom stereocenters. The third kappa shape index (κ3) is 49.3. The average Bonchev–Trinajstić information content (AvgIpc) is 3.29. The molecule has 0 amide bonds. The van der Waals surface area contributed by atoms with E-state index < -0.39 is 6.10 Å². The van der Waals surface area contributed by atoms with Gasteiger partial charge in [0.15, 0.2) is 6.10 Å². The highest BCUT2D eigenvalue weighted by Crippen LogP contribution is 2.14. The Morgan fingerprint density at radius 2 is 0.609 bits per heavy atom. The van der Waals surface area contributed by atoms with E-state index in [0.717, 1.165) is 122 Å². The van der Waals surface area contributed by atoms with E-state index in [1.165, 1.54) is 70.6 Å². The van der Waals surface area contributed by atoms with Gasteiger partial charge in [-0.25, -0.2) is 0 Å². The summed E-state index contributed by atoms with van der Waals surface area (Å²) >= 11 is 0. The topological polar surface area (TPSA) is 78.9 Å². The maximum atomic E-state index is 12.6. The molecule has 0 aliphatic rings. The Balaban J connectivity index is 4.10. The second-order valence-electron chi connectivity index (χ2n) is 17.1. The predicted octanol–water partition coefficient (Wildman–Crippen LogP) is 17.4. The number of carbonyl (C=O) groups excluding carboxylic acids is 3. The molecule has 0 aromatic rings. The molecule has 0 aromatic carbocycles. The molecule has 6 heteroatoms. The Morgan fingerprint density at radius 1 is 0.328 bits per heavy atom. The lowest BCUT2D eigenvalue weighted by Crippen LogP contribution is -2.30. The van der Waals surface area contributed by atoms with Gasteiger partial charge in [-0.05, 0) is 83.5 Å². The zero-order chi connectivity index (χ0) is 46.5. The second-order valence-corrected chi connectivity index (χ2v) is 17.1. The van der Waals surface area contributed by atoms with E-state index in [-0.39, 0.29) is 31.1 Å². The van der Waals surface area contributed by atoms with Crippen LogP contribution in [-0.4, -0.2) is 37.2 Å². The van der Waals surface area contributed by atoms with Crippen LogP contribution in [-0.2, 0) is 28.6 Å². The minimum Gasteiger partial charge on any atom is -0.462 e. The lowest BCUT2D eigenvalue weighted by molar-refractivity contribution is -0.167. The number of hydrogen-bond acceptors (Lipinski definition) is 6. The first-order valence-electron chi connectivity index (χ1n) is 26.2. The first kappa shape index (κ1) is 60.3. The molecule has 0 aromatic heterocycles. The van der Waals surface area contributed by atoms with Crippen LogP contribution in [0.2, 0.25) is 0 Å². The van der Waals surface area contributed by atoms with Gasteiger partial charge in [0.2, 0.25) is 0 Å².